The van der Waals surface area contributed by atoms with Crippen LogP contribution in [0.25, 0.3) is 0 Å². The van der Waals surface area contributed by atoms with Crippen LogP contribution in [0.2, 0.25) is 5.02 Å². The Morgan fingerprint density at radius 3 is 3.13 bits per heavy atom. The highest BCUT2D eigenvalue weighted by atomic mass is 35.5. The van der Waals surface area contributed by atoms with Gasteiger partial charge in [-0.15, -0.1) is 0 Å². The van der Waals surface area contributed by atoms with Crippen molar-refractivity contribution in [2.24, 2.45) is 0 Å². The van der Waals surface area contributed by atoms with Gasteiger partial charge in [-0.05, 0) is 20.3 Å². The fourth-order valence-corrected chi connectivity index (χ4v) is 2.50. The van der Waals surface area contributed by atoms with Crippen molar-refractivity contribution in [3.05, 3.63) is 29.1 Å². The molecule has 1 aromatic heterocycles. The summed E-state index contributed by atoms with van der Waals surface area (Å²) < 4.78 is 13.0. The van der Waals surface area contributed by atoms with Crippen molar-refractivity contribution < 1.29 is 14.3 Å². The van der Waals surface area contributed by atoms with Gasteiger partial charge >= 0.3 is 0 Å². The van der Waals surface area contributed by atoms with E-state index in [1.165, 1.54) is 5.57 Å². The molecule has 0 unspecified atom stereocenters. The van der Waals surface area contributed by atoms with Gasteiger partial charge in [0.05, 0.1) is 36.6 Å². The quantitative estimate of drug-likeness (QED) is 0.772. The predicted octanol–water partition coefficient (Wildman–Crippen LogP) is 2.18. The lowest BCUT2D eigenvalue weighted by atomic mass is 10.1. The first-order valence-corrected chi connectivity index (χ1v) is 8.22. The molecule has 0 aliphatic carbocycles. The molecular weight excluding hydrogens is 318 g/mol. The molecule has 1 amide bonds. The highest BCUT2D eigenvalue weighted by molar-refractivity contribution is 6.30. The van der Waals surface area contributed by atoms with Gasteiger partial charge in [-0.3, -0.25) is 9.48 Å². The number of aromatic nitrogens is 2. The van der Waals surface area contributed by atoms with Crippen LogP contribution in [0.15, 0.2) is 24.0 Å². The van der Waals surface area contributed by atoms with Gasteiger partial charge in [0.2, 0.25) is 5.91 Å². The molecule has 1 N–H and O–H groups in total. The summed E-state index contributed by atoms with van der Waals surface area (Å²) in [5.74, 6) is -0.0389. The molecule has 1 fully saturated rings. The average molecular weight is 342 g/mol. The molecule has 23 heavy (non-hydrogen) atoms. The van der Waals surface area contributed by atoms with Crippen molar-refractivity contribution in [2.45, 2.75) is 45.4 Å². The zero-order valence-corrected chi connectivity index (χ0v) is 14.4. The zero-order valence-electron chi connectivity index (χ0n) is 13.6. The largest absolute Gasteiger partial charge is 0.379 e. The summed E-state index contributed by atoms with van der Waals surface area (Å²) in [4.78, 5) is 12.1. The number of hydrogen-bond acceptors (Lipinski definition) is 4. The standard InChI is InChI=1S/C16H24ClN3O3/c1-12(2)4-8-23-15-5-7-22-11-14(15)19-16(21)3-6-20-10-13(17)9-18-20/h4,9-10,14-15H,3,5-8,11H2,1-2H3,(H,19,21)/t14-,15+/m1/s1. The summed E-state index contributed by atoms with van der Waals surface area (Å²) in [6, 6.07) is -0.108. The lowest BCUT2D eigenvalue weighted by molar-refractivity contribution is -0.126. The molecule has 1 saturated heterocycles. The molecule has 0 aromatic carbocycles. The second kappa shape index (κ2) is 9.05. The Labute approximate surface area is 141 Å². The van der Waals surface area contributed by atoms with Crippen molar-refractivity contribution in [3.63, 3.8) is 0 Å². The normalized spacial score (nSPS) is 21.0. The van der Waals surface area contributed by atoms with Crippen LogP contribution in [0.4, 0.5) is 0 Å². The fourth-order valence-electron chi connectivity index (χ4n) is 2.35. The molecule has 7 heteroatoms. The first-order chi connectivity index (χ1) is 11.0. The number of hydrogen-bond donors (Lipinski definition) is 1. The maximum Gasteiger partial charge on any atom is 0.222 e. The summed E-state index contributed by atoms with van der Waals surface area (Å²) in [6.45, 7) is 6.28. The van der Waals surface area contributed by atoms with Crippen LogP contribution in [-0.2, 0) is 20.8 Å². The maximum absolute atomic E-state index is 12.1. The van der Waals surface area contributed by atoms with E-state index in [0.717, 1.165) is 6.42 Å². The van der Waals surface area contributed by atoms with E-state index in [-0.39, 0.29) is 18.1 Å². The molecule has 1 aromatic rings. The Balaban J connectivity index is 1.78. The van der Waals surface area contributed by atoms with E-state index in [4.69, 9.17) is 21.1 Å². The Morgan fingerprint density at radius 1 is 1.61 bits per heavy atom. The molecule has 0 saturated carbocycles. The number of rotatable bonds is 7. The number of aryl methyl sites for hydroxylation is 1. The predicted molar refractivity (Wildman–Crippen MR) is 88.4 cm³/mol. The van der Waals surface area contributed by atoms with Crippen LogP contribution < -0.4 is 5.32 Å². The van der Waals surface area contributed by atoms with Crippen LogP contribution in [0.5, 0.6) is 0 Å². The molecule has 1 aliphatic rings. The van der Waals surface area contributed by atoms with Gasteiger partial charge < -0.3 is 14.8 Å². The number of halogens is 1. The van der Waals surface area contributed by atoms with E-state index >= 15 is 0 Å². The molecule has 128 valence electrons. The third-order valence-corrected chi connectivity index (χ3v) is 3.81. The summed E-state index contributed by atoms with van der Waals surface area (Å²) in [6.07, 6.45) is 6.41. The number of carbonyl (C=O) groups excluding carboxylic acids is 1. The molecule has 0 spiro atoms. The van der Waals surface area contributed by atoms with Gasteiger partial charge in [-0.25, -0.2) is 0 Å². The Bertz CT molecular complexity index is 540. The van der Waals surface area contributed by atoms with Crippen molar-refractivity contribution in [3.8, 4) is 0 Å². The fraction of sp³-hybridized carbons (Fsp3) is 0.625. The minimum atomic E-state index is -0.108. The molecule has 0 bridgehead atoms. The topological polar surface area (TPSA) is 65.4 Å². The van der Waals surface area contributed by atoms with Gasteiger partial charge in [0, 0.05) is 25.8 Å². The van der Waals surface area contributed by atoms with Crippen molar-refractivity contribution in [1.82, 2.24) is 15.1 Å². The molecule has 2 rings (SSSR count). The maximum atomic E-state index is 12.1. The van der Waals surface area contributed by atoms with E-state index in [9.17, 15) is 4.79 Å². The first-order valence-electron chi connectivity index (χ1n) is 7.84. The molecular formula is C16H24ClN3O3. The third kappa shape index (κ3) is 6.33. The van der Waals surface area contributed by atoms with Crippen LogP contribution in [0, 0.1) is 0 Å². The van der Waals surface area contributed by atoms with Gasteiger partial charge in [0.15, 0.2) is 0 Å². The minimum absolute atomic E-state index is 0.0116. The molecule has 2 heterocycles. The second-order valence-electron chi connectivity index (χ2n) is 5.86. The SMILES string of the molecule is CC(C)=CCO[C@H]1CCOC[C@H]1NC(=O)CCn1cc(Cl)cn1. The molecule has 2 atom stereocenters. The second-order valence-corrected chi connectivity index (χ2v) is 6.30. The van der Waals surface area contributed by atoms with Gasteiger partial charge in [-0.1, -0.05) is 23.3 Å². The van der Waals surface area contributed by atoms with Crippen molar-refractivity contribution in [1.29, 1.82) is 0 Å². The summed E-state index contributed by atoms with van der Waals surface area (Å²) in [7, 11) is 0. The van der Waals surface area contributed by atoms with Crippen molar-refractivity contribution >= 4 is 17.5 Å². The van der Waals surface area contributed by atoms with E-state index in [1.807, 2.05) is 19.9 Å². The number of amides is 1. The number of allylic oxidation sites excluding steroid dienone is 1. The van der Waals surface area contributed by atoms with Gasteiger partial charge in [0.1, 0.15) is 0 Å². The summed E-state index contributed by atoms with van der Waals surface area (Å²) >= 11 is 5.80. The number of carbonyl (C=O) groups is 1. The van der Waals surface area contributed by atoms with Gasteiger partial charge in [0.25, 0.3) is 0 Å². The van der Waals surface area contributed by atoms with E-state index in [1.54, 1.807) is 17.1 Å². The number of ether oxygens (including phenoxy) is 2. The summed E-state index contributed by atoms with van der Waals surface area (Å²) in [5.41, 5.74) is 1.22. The highest BCUT2D eigenvalue weighted by Gasteiger charge is 2.27. The van der Waals surface area contributed by atoms with E-state index < -0.39 is 0 Å². The van der Waals surface area contributed by atoms with Crippen LogP contribution in [0.1, 0.15) is 26.7 Å². The molecule has 6 nitrogen and oxygen atoms in total. The smallest absolute Gasteiger partial charge is 0.222 e. The monoisotopic (exact) mass is 341 g/mol. The Morgan fingerprint density at radius 2 is 2.43 bits per heavy atom. The van der Waals surface area contributed by atoms with E-state index in [2.05, 4.69) is 10.4 Å². The number of nitrogens with zero attached hydrogens (tertiary/aromatic N) is 2. The van der Waals surface area contributed by atoms with Crippen LogP contribution in [-0.4, -0.2) is 47.7 Å². The third-order valence-electron chi connectivity index (χ3n) is 3.61. The lowest BCUT2D eigenvalue weighted by Crippen LogP contribution is -2.50. The van der Waals surface area contributed by atoms with Crippen LogP contribution >= 0.6 is 11.6 Å². The van der Waals surface area contributed by atoms with Gasteiger partial charge in [-0.2, -0.15) is 5.10 Å². The Hall–Kier alpha value is -1.37. The zero-order chi connectivity index (χ0) is 16.7. The average Bonchev–Trinajstić information content (AvgIpc) is 2.92. The molecule has 0 radical (unpaired) electrons. The first kappa shape index (κ1) is 18.0. The summed E-state index contributed by atoms with van der Waals surface area (Å²) in [5, 5.41) is 7.62. The minimum Gasteiger partial charge on any atom is -0.379 e. The lowest BCUT2D eigenvalue weighted by Gasteiger charge is -2.31. The van der Waals surface area contributed by atoms with Crippen LogP contribution in [0.3, 0.4) is 0 Å². The Kier molecular flexibility index (Phi) is 7.08. The van der Waals surface area contributed by atoms with Crippen molar-refractivity contribution in [2.75, 3.05) is 19.8 Å². The molecule has 1 aliphatic heterocycles. The number of nitrogens with one attached hydrogen (secondary N) is 1. The van der Waals surface area contributed by atoms with E-state index in [0.29, 0.717) is 37.8 Å². The highest BCUT2D eigenvalue weighted by Crippen LogP contribution is 2.13.